The largest absolute Gasteiger partial charge is 0.361 e. The molecule has 0 bridgehead atoms. The van der Waals surface area contributed by atoms with Crippen LogP contribution in [0.15, 0.2) is 22.7 Å². The second kappa shape index (κ2) is 6.89. The summed E-state index contributed by atoms with van der Waals surface area (Å²) in [4.78, 5) is 12.6. The number of aryl methyl sites for hydroxylation is 2. The summed E-state index contributed by atoms with van der Waals surface area (Å²) < 4.78 is 31.9. The van der Waals surface area contributed by atoms with Crippen molar-refractivity contribution in [2.45, 2.75) is 46.1 Å². The molecule has 0 unspecified atom stereocenters. The molecule has 0 aliphatic heterocycles. The van der Waals surface area contributed by atoms with Crippen LogP contribution >= 0.6 is 0 Å². The van der Waals surface area contributed by atoms with Crippen LogP contribution in [0.3, 0.4) is 0 Å². The van der Waals surface area contributed by atoms with Crippen molar-refractivity contribution in [2.75, 3.05) is 0 Å². The fourth-order valence-corrected chi connectivity index (χ4v) is 2.75. The monoisotopic (exact) mass is 322 g/mol. The van der Waals surface area contributed by atoms with Crippen molar-refractivity contribution in [3.8, 4) is 0 Å². The number of carbonyl (C=O) groups is 1. The average Bonchev–Trinajstić information content (AvgIpc) is 2.80. The number of hydrogen-bond acceptors (Lipinski definition) is 3. The average molecular weight is 322 g/mol. The summed E-state index contributed by atoms with van der Waals surface area (Å²) in [5.41, 5.74) is 1.68. The van der Waals surface area contributed by atoms with Gasteiger partial charge < -0.3 is 9.84 Å². The summed E-state index contributed by atoms with van der Waals surface area (Å²) in [7, 11) is 0. The Morgan fingerprint density at radius 3 is 2.57 bits per heavy atom. The molecule has 6 heteroatoms. The van der Waals surface area contributed by atoms with Gasteiger partial charge in [0.2, 0.25) is 5.91 Å². The third-order valence-corrected chi connectivity index (χ3v) is 3.95. The van der Waals surface area contributed by atoms with Crippen LogP contribution in [-0.2, 0) is 4.79 Å². The lowest BCUT2D eigenvalue weighted by molar-refractivity contribution is -0.123. The molecule has 0 spiro atoms. The van der Waals surface area contributed by atoms with Crippen LogP contribution in [0, 0.1) is 25.5 Å². The highest BCUT2D eigenvalue weighted by molar-refractivity contribution is 5.84. The Morgan fingerprint density at radius 1 is 1.35 bits per heavy atom. The summed E-state index contributed by atoms with van der Waals surface area (Å²) in [6.07, 6.45) is 0.563. The molecular weight excluding hydrogens is 302 g/mol. The van der Waals surface area contributed by atoms with Crippen LogP contribution < -0.4 is 5.32 Å². The lowest BCUT2D eigenvalue weighted by Gasteiger charge is -2.20. The molecule has 0 saturated heterocycles. The topological polar surface area (TPSA) is 55.1 Å². The van der Waals surface area contributed by atoms with Crippen molar-refractivity contribution in [3.63, 3.8) is 0 Å². The van der Waals surface area contributed by atoms with E-state index >= 15 is 0 Å². The van der Waals surface area contributed by atoms with E-state index < -0.39 is 23.6 Å². The molecule has 1 N–H and O–H groups in total. The molecule has 23 heavy (non-hydrogen) atoms. The van der Waals surface area contributed by atoms with E-state index in [-0.39, 0.29) is 11.5 Å². The molecule has 2 aromatic rings. The molecular formula is C17H20F2N2O2. The number of halogens is 2. The van der Waals surface area contributed by atoms with Gasteiger partial charge in [-0.25, -0.2) is 8.78 Å². The minimum Gasteiger partial charge on any atom is -0.361 e. The first-order valence-corrected chi connectivity index (χ1v) is 7.53. The zero-order valence-corrected chi connectivity index (χ0v) is 13.6. The molecule has 1 heterocycles. The number of rotatable bonds is 5. The van der Waals surface area contributed by atoms with E-state index in [1.807, 2.05) is 6.92 Å². The number of amides is 1. The Hall–Kier alpha value is -2.24. The Labute approximate surface area is 133 Å². The Morgan fingerprint density at radius 2 is 2.04 bits per heavy atom. The molecule has 1 amide bonds. The Kier molecular flexibility index (Phi) is 5.13. The van der Waals surface area contributed by atoms with Crippen LogP contribution in [-0.4, -0.2) is 11.1 Å². The van der Waals surface area contributed by atoms with E-state index in [0.717, 1.165) is 11.6 Å². The summed E-state index contributed by atoms with van der Waals surface area (Å²) in [6, 6.07) is 2.75. The number of nitrogens with one attached hydrogen (secondary N) is 1. The van der Waals surface area contributed by atoms with E-state index in [4.69, 9.17) is 4.52 Å². The predicted molar refractivity (Wildman–Crippen MR) is 81.9 cm³/mol. The highest BCUT2D eigenvalue weighted by Gasteiger charge is 2.27. The van der Waals surface area contributed by atoms with Gasteiger partial charge in [-0.15, -0.1) is 0 Å². The van der Waals surface area contributed by atoms with Crippen LogP contribution in [0.4, 0.5) is 8.78 Å². The van der Waals surface area contributed by atoms with Gasteiger partial charge in [0.05, 0.1) is 17.7 Å². The summed E-state index contributed by atoms with van der Waals surface area (Å²) in [6.45, 7) is 7.09. The van der Waals surface area contributed by atoms with Crippen molar-refractivity contribution >= 4 is 5.91 Å². The molecule has 0 radical (unpaired) electrons. The molecule has 0 aliphatic rings. The van der Waals surface area contributed by atoms with E-state index in [1.54, 1.807) is 20.8 Å². The van der Waals surface area contributed by atoms with Crippen LogP contribution in [0.2, 0.25) is 0 Å². The minimum absolute atomic E-state index is 0.238. The first-order chi connectivity index (χ1) is 10.8. The zero-order valence-electron chi connectivity index (χ0n) is 13.6. The molecule has 1 aromatic heterocycles. The van der Waals surface area contributed by atoms with Gasteiger partial charge in [-0.3, -0.25) is 4.79 Å². The predicted octanol–water partition coefficient (Wildman–Crippen LogP) is 3.94. The van der Waals surface area contributed by atoms with Gasteiger partial charge >= 0.3 is 0 Å². The van der Waals surface area contributed by atoms with E-state index in [9.17, 15) is 13.6 Å². The standard InChI is InChI=1S/C17H20F2N2O2/c1-5-13(16-10(3)21-23-11(16)4)17(22)20-9(2)14-7-6-12(18)8-15(14)19/h6-9,13H,5H2,1-4H3,(H,20,22)/t9-,13-/m1/s1. The fourth-order valence-electron chi connectivity index (χ4n) is 2.75. The van der Waals surface area contributed by atoms with E-state index in [2.05, 4.69) is 10.5 Å². The second-order valence-corrected chi connectivity index (χ2v) is 5.59. The third kappa shape index (κ3) is 3.57. The molecule has 4 nitrogen and oxygen atoms in total. The highest BCUT2D eigenvalue weighted by atomic mass is 19.1. The lowest BCUT2D eigenvalue weighted by Crippen LogP contribution is -2.32. The second-order valence-electron chi connectivity index (χ2n) is 5.59. The van der Waals surface area contributed by atoms with Crippen LogP contribution in [0.5, 0.6) is 0 Å². The first-order valence-electron chi connectivity index (χ1n) is 7.53. The van der Waals surface area contributed by atoms with Crippen LogP contribution in [0.1, 0.15) is 54.8 Å². The van der Waals surface area contributed by atoms with Gasteiger partial charge in [-0.2, -0.15) is 0 Å². The quantitative estimate of drug-likeness (QED) is 0.907. The minimum atomic E-state index is -0.678. The third-order valence-electron chi connectivity index (χ3n) is 3.95. The van der Waals surface area contributed by atoms with Gasteiger partial charge in [0, 0.05) is 17.2 Å². The Balaban J connectivity index is 2.19. The van der Waals surface area contributed by atoms with Crippen molar-refractivity contribution in [2.24, 2.45) is 0 Å². The SMILES string of the molecule is CC[C@@H](C(=O)N[C@H](C)c1ccc(F)cc1F)c1c(C)noc1C. The molecule has 2 atom stereocenters. The van der Waals surface area contributed by atoms with Gasteiger partial charge in [-0.1, -0.05) is 18.1 Å². The Bertz CT molecular complexity index is 693. The van der Waals surface area contributed by atoms with Gasteiger partial charge in [0.25, 0.3) is 0 Å². The maximum atomic E-state index is 13.8. The zero-order chi connectivity index (χ0) is 17.1. The lowest BCUT2D eigenvalue weighted by atomic mass is 9.93. The maximum absolute atomic E-state index is 13.8. The van der Waals surface area contributed by atoms with Gasteiger partial charge in [-0.05, 0) is 33.3 Å². The molecule has 0 saturated carbocycles. The molecule has 124 valence electrons. The normalized spacial score (nSPS) is 13.7. The number of hydrogen-bond donors (Lipinski definition) is 1. The molecule has 0 aliphatic carbocycles. The number of benzene rings is 1. The van der Waals surface area contributed by atoms with E-state index in [1.165, 1.54) is 12.1 Å². The number of nitrogens with zero attached hydrogens (tertiary/aromatic N) is 1. The highest BCUT2D eigenvalue weighted by Crippen LogP contribution is 2.27. The summed E-state index contributed by atoms with van der Waals surface area (Å²) in [5.74, 6) is -1.38. The smallest absolute Gasteiger partial charge is 0.228 e. The first kappa shape index (κ1) is 17.1. The van der Waals surface area contributed by atoms with Crippen molar-refractivity contribution in [1.82, 2.24) is 10.5 Å². The number of aromatic nitrogens is 1. The fraction of sp³-hybridized carbons (Fsp3) is 0.412. The molecule has 2 rings (SSSR count). The van der Waals surface area contributed by atoms with Crippen molar-refractivity contribution < 1.29 is 18.1 Å². The van der Waals surface area contributed by atoms with Crippen molar-refractivity contribution in [1.29, 1.82) is 0 Å². The van der Waals surface area contributed by atoms with Gasteiger partial charge in [0.1, 0.15) is 17.4 Å². The summed E-state index contributed by atoms with van der Waals surface area (Å²) >= 11 is 0. The van der Waals surface area contributed by atoms with E-state index in [0.29, 0.717) is 17.9 Å². The molecule has 1 aromatic carbocycles. The molecule has 0 fully saturated rings. The van der Waals surface area contributed by atoms with Crippen LogP contribution in [0.25, 0.3) is 0 Å². The van der Waals surface area contributed by atoms with Gasteiger partial charge in [0.15, 0.2) is 0 Å². The summed E-state index contributed by atoms with van der Waals surface area (Å²) in [5, 5.41) is 6.65. The maximum Gasteiger partial charge on any atom is 0.228 e. The number of carbonyl (C=O) groups excluding carboxylic acids is 1. The van der Waals surface area contributed by atoms with Crippen molar-refractivity contribution in [3.05, 3.63) is 52.4 Å².